The minimum atomic E-state index is -0.363. The van der Waals surface area contributed by atoms with Gasteiger partial charge in [0.25, 0.3) is 0 Å². The fourth-order valence-electron chi connectivity index (χ4n) is 2.05. The highest BCUT2D eigenvalue weighted by Gasteiger charge is 2.20. The Morgan fingerprint density at radius 2 is 2.10 bits per heavy atom. The molecule has 1 heterocycles. The first-order valence-electron chi connectivity index (χ1n) is 6.35. The Kier molecular flexibility index (Phi) is 7.27. The van der Waals surface area contributed by atoms with Gasteiger partial charge in [-0.15, -0.1) is 12.4 Å². The molecule has 20 heavy (non-hydrogen) atoms. The van der Waals surface area contributed by atoms with Gasteiger partial charge < -0.3 is 14.9 Å². The summed E-state index contributed by atoms with van der Waals surface area (Å²) in [6, 6.07) is 1.74. The zero-order chi connectivity index (χ0) is 14.6. The lowest BCUT2D eigenvalue weighted by atomic mass is 9.93. The summed E-state index contributed by atoms with van der Waals surface area (Å²) < 4.78 is 10.3. The van der Waals surface area contributed by atoms with Gasteiger partial charge in [-0.3, -0.25) is 4.90 Å². The minimum Gasteiger partial charge on any atom is -0.465 e. The van der Waals surface area contributed by atoms with E-state index >= 15 is 0 Å². The van der Waals surface area contributed by atoms with E-state index in [4.69, 9.17) is 14.9 Å². The lowest BCUT2D eigenvalue weighted by Crippen LogP contribution is -2.36. The Labute approximate surface area is 126 Å². The predicted octanol–water partition coefficient (Wildman–Crippen LogP) is 2.21. The third-order valence-electron chi connectivity index (χ3n) is 3.05. The van der Waals surface area contributed by atoms with Crippen LogP contribution in [0.2, 0.25) is 0 Å². The van der Waals surface area contributed by atoms with Gasteiger partial charge in [0.2, 0.25) is 0 Å². The quantitative estimate of drug-likeness (QED) is 0.816. The van der Waals surface area contributed by atoms with Crippen molar-refractivity contribution in [2.75, 3.05) is 27.2 Å². The van der Waals surface area contributed by atoms with Crippen molar-refractivity contribution >= 4 is 18.4 Å². The van der Waals surface area contributed by atoms with Crippen molar-refractivity contribution in [1.82, 2.24) is 4.90 Å². The molecule has 0 bridgehead atoms. The first-order valence-corrected chi connectivity index (χ1v) is 6.35. The van der Waals surface area contributed by atoms with Crippen LogP contribution in [0.5, 0.6) is 0 Å². The summed E-state index contributed by atoms with van der Waals surface area (Å²) in [6.45, 7) is 8.13. The second kappa shape index (κ2) is 7.67. The standard InChI is InChI=1S/C14H24N2O3.ClH/c1-10-12(13(17)18-5)6-11(19-10)7-16(4)9-14(2,3)8-15;/h6H,7-9,15H2,1-5H3;1H. The van der Waals surface area contributed by atoms with Crippen LogP contribution in [-0.4, -0.2) is 38.1 Å². The molecule has 1 aromatic rings. The van der Waals surface area contributed by atoms with Crippen LogP contribution < -0.4 is 5.73 Å². The van der Waals surface area contributed by atoms with E-state index < -0.39 is 0 Å². The lowest BCUT2D eigenvalue weighted by Gasteiger charge is -2.28. The number of halogens is 1. The second-order valence-corrected chi connectivity index (χ2v) is 5.71. The Balaban J connectivity index is 0.00000361. The van der Waals surface area contributed by atoms with Gasteiger partial charge in [0.1, 0.15) is 17.1 Å². The number of hydrogen-bond donors (Lipinski definition) is 1. The van der Waals surface area contributed by atoms with Crippen LogP contribution in [0.1, 0.15) is 35.7 Å². The van der Waals surface area contributed by atoms with Gasteiger partial charge in [0, 0.05) is 6.54 Å². The van der Waals surface area contributed by atoms with Gasteiger partial charge in [-0.1, -0.05) is 13.8 Å². The smallest absolute Gasteiger partial charge is 0.341 e. The Bertz CT molecular complexity index is 444. The molecule has 0 aliphatic carbocycles. The number of methoxy groups -OCH3 is 1. The molecule has 0 aliphatic rings. The summed E-state index contributed by atoms with van der Waals surface area (Å²) >= 11 is 0. The topological polar surface area (TPSA) is 68.7 Å². The number of nitrogens with two attached hydrogens (primary N) is 1. The fraction of sp³-hybridized carbons (Fsp3) is 0.643. The third kappa shape index (κ3) is 5.15. The maximum Gasteiger partial charge on any atom is 0.341 e. The molecular weight excluding hydrogens is 280 g/mol. The monoisotopic (exact) mass is 304 g/mol. The molecule has 0 radical (unpaired) electrons. The van der Waals surface area contributed by atoms with Crippen LogP contribution in [0.15, 0.2) is 10.5 Å². The van der Waals surface area contributed by atoms with Crippen LogP contribution >= 0.6 is 12.4 Å². The molecule has 0 unspecified atom stereocenters. The third-order valence-corrected chi connectivity index (χ3v) is 3.05. The van der Waals surface area contributed by atoms with Crippen molar-refractivity contribution in [3.63, 3.8) is 0 Å². The molecule has 0 spiro atoms. The largest absolute Gasteiger partial charge is 0.465 e. The molecule has 1 aromatic heterocycles. The van der Waals surface area contributed by atoms with Gasteiger partial charge in [-0.05, 0) is 32.0 Å². The molecule has 0 saturated heterocycles. The molecule has 0 fully saturated rings. The van der Waals surface area contributed by atoms with E-state index in [1.54, 1.807) is 13.0 Å². The van der Waals surface area contributed by atoms with Crippen LogP contribution in [-0.2, 0) is 11.3 Å². The van der Waals surface area contributed by atoms with Gasteiger partial charge in [0.15, 0.2) is 0 Å². The summed E-state index contributed by atoms with van der Waals surface area (Å²) in [5.74, 6) is 0.985. The minimum absolute atomic E-state index is 0. The van der Waals surface area contributed by atoms with E-state index in [2.05, 4.69) is 18.7 Å². The van der Waals surface area contributed by atoms with E-state index in [-0.39, 0.29) is 23.8 Å². The summed E-state index contributed by atoms with van der Waals surface area (Å²) in [5, 5.41) is 0. The number of carbonyl (C=O) groups is 1. The predicted molar refractivity (Wildman–Crippen MR) is 81.2 cm³/mol. The van der Waals surface area contributed by atoms with E-state index in [0.29, 0.717) is 24.4 Å². The average Bonchev–Trinajstić information content (AvgIpc) is 2.68. The molecule has 0 atom stereocenters. The van der Waals surface area contributed by atoms with Crippen molar-refractivity contribution in [2.24, 2.45) is 11.1 Å². The van der Waals surface area contributed by atoms with E-state index in [1.165, 1.54) is 7.11 Å². The maximum atomic E-state index is 11.5. The van der Waals surface area contributed by atoms with E-state index in [9.17, 15) is 4.79 Å². The molecule has 0 aromatic carbocycles. The summed E-state index contributed by atoms with van der Waals surface area (Å²) in [7, 11) is 3.37. The number of aryl methyl sites for hydroxylation is 1. The average molecular weight is 305 g/mol. The highest BCUT2D eigenvalue weighted by atomic mass is 35.5. The fourth-order valence-corrected chi connectivity index (χ4v) is 2.05. The molecule has 0 aliphatic heterocycles. The molecule has 5 nitrogen and oxygen atoms in total. The van der Waals surface area contributed by atoms with Crippen LogP contribution in [0.4, 0.5) is 0 Å². The molecule has 0 amide bonds. The number of rotatable bonds is 6. The number of hydrogen-bond acceptors (Lipinski definition) is 5. The Morgan fingerprint density at radius 1 is 1.50 bits per heavy atom. The van der Waals surface area contributed by atoms with Crippen molar-refractivity contribution in [3.8, 4) is 0 Å². The number of nitrogens with zero attached hydrogens (tertiary/aromatic N) is 1. The van der Waals surface area contributed by atoms with Crippen molar-refractivity contribution in [1.29, 1.82) is 0 Å². The van der Waals surface area contributed by atoms with Gasteiger partial charge in [0.05, 0.1) is 13.7 Å². The molecule has 1 rings (SSSR count). The van der Waals surface area contributed by atoms with Crippen LogP contribution in [0.3, 0.4) is 0 Å². The highest BCUT2D eigenvalue weighted by Crippen LogP contribution is 2.19. The van der Waals surface area contributed by atoms with Crippen molar-refractivity contribution in [2.45, 2.75) is 27.3 Å². The number of esters is 1. The molecule has 0 saturated carbocycles. The van der Waals surface area contributed by atoms with Crippen molar-refractivity contribution in [3.05, 3.63) is 23.2 Å². The maximum absolute atomic E-state index is 11.5. The molecule has 2 N–H and O–H groups in total. The zero-order valence-corrected chi connectivity index (χ0v) is 13.7. The van der Waals surface area contributed by atoms with Gasteiger partial charge in [-0.2, -0.15) is 0 Å². The SMILES string of the molecule is COC(=O)c1cc(CN(C)CC(C)(C)CN)oc1C.Cl. The number of furan rings is 1. The Hall–Kier alpha value is -1.04. The normalized spacial score (nSPS) is 11.3. The lowest BCUT2D eigenvalue weighted by molar-refractivity contribution is 0.0599. The summed E-state index contributed by atoms with van der Waals surface area (Å²) in [4.78, 5) is 13.6. The van der Waals surface area contributed by atoms with Crippen LogP contribution in [0.25, 0.3) is 0 Å². The van der Waals surface area contributed by atoms with Gasteiger partial charge >= 0.3 is 5.97 Å². The van der Waals surface area contributed by atoms with Crippen molar-refractivity contribution < 1.29 is 13.9 Å². The molecule has 6 heteroatoms. The first kappa shape index (κ1) is 19.0. The Morgan fingerprint density at radius 3 is 2.60 bits per heavy atom. The first-order chi connectivity index (χ1) is 8.79. The summed E-state index contributed by atoms with van der Waals surface area (Å²) in [5.41, 5.74) is 6.27. The molecular formula is C14H25ClN2O3. The van der Waals surface area contributed by atoms with E-state index in [0.717, 1.165) is 12.3 Å². The zero-order valence-electron chi connectivity index (χ0n) is 12.9. The van der Waals surface area contributed by atoms with E-state index in [1.807, 2.05) is 7.05 Å². The second-order valence-electron chi connectivity index (χ2n) is 5.71. The molecule has 116 valence electrons. The van der Waals surface area contributed by atoms with Crippen LogP contribution in [0, 0.1) is 12.3 Å². The summed E-state index contributed by atoms with van der Waals surface area (Å²) in [6.07, 6.45) is 0. The number of ether oxygens (including phenoxy) is 1. The number of carbonyl (C=O) groups excluding carboxylic acids is 1. The highest BCUT2D eigenvalue weighted by molar-refractivity contribution is 5.90. The van der Waals surface area contributed by atoms with Gasteiger partial charge in [-0.25, -0.2) is 4.79 Å².